The molecule has 5 nitrogen and oxygen atoms in total. The number of nitrogens with one attached hydrogen (secondary N) is 1. The maximum absolute atomic E-state index is 12.4. The molecule has 2 aromatic rings. The van der Waals surface area contributed by atoms with Crippen molar-refractivity contribution < 1.29 is 9.59 Å². The van der Waals surface area contributed by atoms with Crippen LogP contribution in [0.15, 0.2) is 18.2 Å². The number of hydrogen-bond acceptors (Lipinski definition) is 4. The van der Waals surface area contributed by atoms with Crippen LogP contribution in [0.3, 0.4) is 0 Å². The normalized spacial score (nSPS) is 12.6. The number of hydrogen-bond donors (Lipinski definition) is 3. The van der Waals surface area contributed by atoms with Crippen molar-refractivity contribution in [3.63, 3.8) is 0 Å². The monoisotopic (exact) mass is 305 g/mol. The van der Waals surface area contributed by atoms with Gasteiger partial charge in [-0.05, 0) is 24.5 Å². The Balaban J connectivity index is 2.35. The second-order valence-electron chi connectivity index (χ2n) is 5.44. The molecule has 0 spiro atoms. The molecule has 0 aliphatic carbocycles. The van der Waals surface area contributed by atoms with Gasteiger partial charge >= 0.3 is 0 Å². The molecule has 0 bridgehead atoms. The Hall–Kier alpha value is -2.08. The summed E-state index contributed by atoms with van der Waals surface area (Å²) in [7, 11) is 0. The van der Waals surface area contributed by atoms with Crippen molar-refractivity contribution >= 4 is 38.9 Å². The van der Waals surface area contributed by atoms with Crippen molar-refractivity contribution in [3.05, 3.63) is 28.6 Å². The first-order chi connectivity index (χ1) is 9.81. The lowest BCUT2D eigenvalue weighted by Gasteiger charge is -2.18. The van der Waals surface area contributed by atoms with Crippen LogP contribution in [0.4, 0.5) is 5.69 Å². The fourth-order valence-corrected chi connectivity index (χ4v) is 3.29. The Labute approximate surface area is 127 Å². The van der Waals surface area contributed by atoms with Gasteiger partial charge in [-0.25, -0.2) is 0 Å². The Morgan fingerprint density at radius 2 is 1.95 bits per heavy atom. The van der Waals surface area contributed by atoms with E-state index in [2.05, 4.69) is 5.32 Å². The van der Waals surface area contributed by atoms with Crippen LogP contribution in [-0.4, -0.2) is 17.9 Å². The molecule has 1 aromatic carbocycles. The summed E-state index contributed by atoms with van der Waals surface area (Å²) in [6.07, 6.45) is 0. The second kappa shape index (κ2) is 5.73. The van der Waals surface area contributed by atoms with Crippen LogP contribution in [0, 0.1) is 12.8 Å². The highest BCUT2D eigenvalue weighted by molar-refractivity contribution is 7.21. The molecule has 0 saturated carbocycles. The van der Waals surface area contributed by atoms with E-state index >= 15 is 0 Å². The van der Waals surface area contributed by atoms with E-state index in [1.54, 1.807) is 0 Å². The highest BCUT2D eigenvalue weighted by Gasteiger charge is 2.24. The SMILES string of the molecule is Cc1ccc2c(N)c(C(=O)NC(C(N)=O)C(C)C)sc2c1. The zero-order chi connectivity index (χ0) is 15.7. The molecule has 0 fully saturated rings. The average molecular weight is 305 g/mol. The molecule has 1 unspecified atom stereocenters. The van der Waals surface area contributed by atoms with Gasteiger partial charge in [0, 0.05) is 10.1 Å². The van der Waals surface area contributed by atoms with Crippen LogP contribution in [0.25, 0.3) is 10.1 Å². The maximum Gasteiger partial charge on any atom is 0.264 e. The van der Waals surface area contributed by atoms with Crippen molar-refractivity contribution in [3.8, 4) is 0 Å². The van der Waals surface area contributed by atoms with Gasteiger partial charge in [0.2, 0.25) is 5.91 Å². The quantitative estimate of drug-likeness (QED) is 0.806. The molecular weight excluding hydrogens is 286 g/mol. The molecule has 0 radical (unpaired) electrons. The van der Waals surface area contributed by atoms with Crippen LogP contribution in [-0.2, 0) is 4.79 Å². The first kappa shape index (κ1) is 15.3. The number of fused-ring (bicyclic) bond motifs is 1. The highest BCUT2D eigenvalue weighted by atomic mass is 32.1. The van der Waals surface area contributed by atoms with E-state index < -0.39 is 11.9 Å². The summed E-state index contributed by atoms with van der Waals surface area (Å²) in [5, 5.41) is 3.52. The number of anilines is 1. The van der Waals surface area contributed by atoms with E-state index in [1.165, 1.54) is 11.3 Å². The van der Waals surface area contributed by atoms with E-state index in [0.29, 0.717) is 10.6 Å². The first-order valence-corrected chi connectivity index (χ1v) is 7.51. The summed E-state index contributed by atoms with van der Waals surface area (Å²) < 4.78 is 0.956. The largest absolute Gasteiger partial charge is 0.397 e. The molecular formula is C15H19N3O2S. The predicted molar refractivity (Wildman–Crippen MR) is 86.3 cm³/mol. The summed E-state index contributed by atoms with van der Waals surface area (Å²) in [5.41, 5.74) is 12.9. The molecule has 5 N–H and O–H groups in total. The van der Waals surface area contributed by atoms with Crippen molar-refractivity contribution in [2.24, 2.45) is 11.7 Å². The molecule has 1 heterocycles. The molecule has 2 rings (SSSR count). The first-order valence-electron chi connectivity index (χ1n) is 6.70. The third-order valence-corrected chi connectivity index (χ3v) is 4.52. The van der Waals surface area contributed by atoms with Gasteiger partial charge in [-0.15, -0.1) is 11.3 Å². The van der Waals surface area contributed by atoms with Gasteiger partial charge < -0.3 is 16.8 Å². The fourth-order valence-electron chi connectivity index (χ4n) is 2.17. The molecule has 1 atom stereocenters. The van der Waals surface area contributed by atoms with Gasteiger partial charge in [-0.1, -0.05) is 26.0 Å². The van der Waals surface area contributed by atoms with E-state index in [9.17, 15) is 9.59 Å². The average Bonchev–Trinajstić information content (AvgIpc) is 2.71. The van der Waals surface area contributed by atoms with Gasteiger partial charge in [-0.3, -0.25) is 9.59 Å². The Bertz CT molecular complexity index is 706. The number of amides is 2. The number of primary amides is 1. The summed E-state index contributed by atoms with van der Waals surface area (Å²) in [4.78, 5) is 24.2. The number of rotatable bonds is 4. The zero-order valence-electron chi connectivity index (χ0n) is 12.3. The number of nitrogen functional groups attached to an aromatic ring is 1. The van der Waals surface area contributed by atoms with Crippen LogP contribution < -0.4 is 16.8 Å². The zero-order valence-corrected chi connectivity index (χ0v) is 13.1. The third-order valence-electron chi connectivity index (χ3n) is 3.35. The molecule has 2 amide bonds. The molecule has 0 saturated heterocycles. The van der Waals surface area contributed by atoms with Crippen molar-refractivity contribution in [2.45, 2.75) is 26.8 Å². The number of carbonyl (C=O) groups is 2. The molecule has 1 aromatic heterocycles. The van der Waals surface area contributed by atoms with Crippen LogP contribution >= 0.6 is 11.3 Å². The van der Waals surface area contributed by atoms with Gasteiger partial charge in [-0.2, -0.15) is 0 Å². The highest BCUT2D eigenvalue weighted by Crippen LogP contribution is 2.34. The smallest absolute Gasteiger partial charge is 0.264 e. The summed E-state index contributed by atoms with van der Waals surface area (Å²) in [6.45, 7) is 5.64. The van der Waals surface area contributed by atoms with Crippen LogP contribution in [0.1, 0.15) is 29.1 Å². The molecule has 6 heteroatoms. The molecule has 21 heavy (non-hydrogen) atoms. The van der Waals surface area contributed by atoms with Crippen LogP contribution in [0.5, 0.6) is 0 Å². The summed E-state index contributed by atoms with van der Waals surface area (Å²) >= 11 is 1.32. The van der Waals surface area contributed by atoms with Crippen molar-refractivity contribution in [1.29, 1.82) is 0 Å². The van der Waals surface area contributed by atoms with Gasteiger partial charge in [0.05, 0.1) is 5.69 Å². The lowest BCUT2D eigenvalue weighted by Crippen LogP contribution is -2.47. The second-order valence-corrected chi connectivity index (χ2v) is 6.49. The van der Waals surface area contributed by atoms with Gasteiger partial charge in [0.1, 0.15) is 10.9 Å². The Kier molecular flexibility index (Phi) is 4.18. The number of nitrogens with two attached hydrogens (primary N) is 2. The molecule has 0 aliphatic heterocycles. The van der Waals surface area contributed by atoms with Crippen molar-refractivity contribution in [1.82, 2.24) is 5.32 Å². The van der Waals surface area contributed by atoms with E-state index in [1.807, 2.05) is 39.0 Å². The van der Waals surface area contributed by atoms with Crippen molar-refractivity contribution in [2.75, 3.05) is 5.73 Å². The van der Waals surface area contributed by atoms with Gasteiger partial charge in [0.25, 0.3) is 5.91 Å². The fraction of sp³-hybridized carbons (Fsp3) is 0.333. The topological polar surface area (TPSA) is 98.2 Å². The summed E-state index contributed by atoms with van der Waals surface area (Å²) in [5.74, 6) is -0.984. The van der Waals surface area contributed by atoms with E-state index in [4.69, 9.17) is 11.5 Å². The van der Waals surface area contributed by atoms with E-state index in [-0.39, 0.29) is 11.8 Å². The number of aryl methyl sites for hydroxylation is 1. The minimum atomic E-state index is -0.705. The maximum atomic E-state index is 12.4. The van der Waals surface area contributed by atoms with E-state index in [0.717, 1.165) is 15.6 Å². The predicted octanol–water partition coefficient (Wildman–Crippen LogP) is 2.03. The van der Waals surface area contributed by atoms with Gasteiger partial charge in [0.15, 0.2) is 0 Å². The lowest BCUT2D eigenvalue weighted by molar-refractivity contribution is -0.120. The number of benzene rings is 1. The number of carbonyl (C=O) groups excluding carboxylic acids is 2. The minimum absolute atomic E-state index is 0.0794. The minimum Gasteiger partial charge on any atom is -0.397 e. The Morgan fingerprint density at radius 1 is 1.29 bits per heavy atom. The molecule has 0 aliphatic rings. The lowest BCUT2D eigenvalue weighted by atomic mass is 10.0. The third kappa shape index (κ3) is 3.00. The number of thiophene rings is 1. The van der Waals surface area contributed by atoms with Crippen LogP contribution in [0.2, 0.25) is 0 Å². The Morgan fingerprint density at radius 3 is 2.52 bits per heavy atom. The standard InChI is InChI=1S/C15H19N3O2S/c1-7(2)12(14(17)19)18-15(20)13-11(16)9-5-4-8(3)6-10(9)21-13/h4-7,12H,16H2,1-3H3,(H2,17,19)(H,18,20). The molecule has 112 valence electrons. The summed E-state index contributed by atoms with van der Waals surface area (Å²) in [6, 6.07) is 5.14.